The molecule has 0 heterocycles. The number of methoxy groups -OCH3 is 1. The van der Waals surface area contributed by atoms with Crippen LogP contribution in [0.2, 0.25) is 0 Å². The van der Waals surface area contributed by atoms with E-state index in [1.54, 1.807) is 7.11 Å². The van der Waals surface area contributed by atoms with Crippen LogP contribution in [0.15, 0.2) is 23.5 Å². The molecule has 0 aliphatic heterocycles. The molecule has 0 aromatic carbocycles. The summed E-state index contributed by atoms with van der Waals surface area (Å²) in [5.41, 5.74) is 6.49. The molecule has 0 amide bonds. The topological polar surface area (TPSA) is 72.5 Å². The van der Waals surface area contributed by atoms with Crippen LogP contribution < -0.4 is 5.73 Å². The number of aliphatic carboxylic acids is 1. The molecule has 1 aliphatic carbocycles. The molecule has 1 atom stereocenters. The van der Waals surface area contributed by atoms with Gasteiger partial charge in [0.2, 0.25) is 0 Å². The second-order valence-corrected chi connectivity index (χ2v) is 3.29. The van der Waals surface area contributed by atoms with Gasteiger partial charge in [0.15, 0.2) is 0 Å². The van der Waals surface area contributed by atoms with Gasteiger partial charge in [0, 0.05) is 6.42 Å². The molecular weight excluding hydrogens is 189 g/mol. The Morgan fingerprint density at radius 3 is 2.67 bits per heavy atom. The third-order valence-corrected chi connectivity index (χ3v) is 2.25. The van der Waals surface area contributed by atoms with Crippen molar-refractivity contribution in [2.24, 2.45) is 5.73 Å². The van der Waals surface area contributed by atoms with E-state index in [1.165, 1.54) is 0 Å². The van der Waals surface area contributed by atoms with Gasteiger partial charge in [-0.3, -0.25) is 4.79 Å². The number of nitrogens with two attached hydrogens (primary N) is 1. The van der Waals surface area contributed by atoms with Crippen molar-refractivity contribution in [1.29, 1.82) is 0 Å². The van der Waals surface area contributed by atoms with Crippen molar-refractivity contribution >= 4 is 24.8 Å². The maximum absolute atomic E-state index is 10.5. The minimum atomic E-state index is -0.951. The summed E-state index contributed by atoms with van der Waals surface area (Å²) >= 11 is 0. The van der Waals surface area contributed by atoms with E-state index < -0.39 is 12.0 Å². The molecule has 0 aromatic heterocycles. The first-order chi connectivity index (χ1) is 6.63. The first-order valence-corrected chi connectivity index (χ1v) is 4.52. The van der Waals surface area contributed by atoms with E-state index in [-0.39, 0.29) is 18.9 Å². The molecule has 15 heavy (non-hydrogen) atoms. The van der Waals surface area contributed by atoms with E-state index in [4.69, 9.17) is 15.6 Å². The molecule has 0 bridgehead atoms. The Labute approximate surface area is 101 Å². The standard InChI is InChI=1S/C10H15NO3.Li.H/c1-14-8-4-2-7(3-5-8)6-9(11)10(12)13;;/h2,5,9H,3-4,6,11H2,1H3,(H,12,13);;. The Hall–Kier alpha value is -0.693. The van der Waals surface area contributed by atoms with Crippen molar-refractivity contribution in [3.63, 3.8) is 0 Å². The van der Waals surface area contributed by atoms with Gasteiger partial charge in [0.1, 0.15) is 6.04 Å². The number of hydrogen-bond donors (Lipinski definition) is 2. The number of carboxylic acid groups (broad SMARTS) is 1. The average molecular weight is 205 g/mol. The molecule has 3 N–H and O–H groups in total. The number of ether oxygens (including phenoxy) is 1. The minimum absolute atomic E-state index is 0. The van der Waals surface area contributed by atoms with Gasteiger partial charge in [0.25, 0.3) is 0 Å². The Morgan fingerprint density at radius 2 is 2.27 bits per heavy atom. The summed E-state index contributed by atoms with van der Waals surface area (Å²) in [6.45, 7) is 0. The molecule has 80 valence electrons. The van der Waals surface area contributed by atoms with Crippen molar-refractivity contribution in [3.8, 4) is 0 Å². The Bertz CT molecular complexity index is 286. The quantitative estimate of drug-likeness (QED) is 0.514. The Morgan fingerprint density at radius 1 is 1.60 bits per heavy atom. The van der Waals surface area contributed by atoms with Crippen LogP contribution in [-0.4, -0.2) is 43.1 Å². The second kappa shape index (κ2) is 6.73. The molecule has 0 radical (unpaired) electrons. The van der Waals surface area contributed by atoms with Crippen LogP contribution >= 0.6 is 0 Å². The van der Waals surface area contributed by atoms with Gasteiger partial charge in [-0.15, -0.1) is 0 Å². The van der Waals surface area contributed by atoms with E-state index in [0.717, 1.165) is 24.2 Å². The summed E-state index contributed by atoms with van der Waals surface area (Å²) in [6.07, 6.45) is 5.84. The first-order valence-electron chi connectivity index (χ1n) is 4.52. The second-order valence-electron chi connectivity index (χ2n) is 3.29. The molecule has 5 heteroatoms. The molecular formula is C10H16LiNO3. The summed E-state index contributed by atoms with van der Waals surface area (Å²) in [5.74, 6) is -0.0231. The Kier molecular flexibility index (Phi) is 6.42. The van der Waals surface area contributed by atoms with Gasteiger partial charge < -0.3 is 15.6 Å². The fourth-order valence-electron chi connectivity index (χ4n) is 1.36. The van der Waals surface area contributed by atoms with Crippen molar-refractivity contribution in [1.82, 2.24) is 0 Å². The van der Waals surface area contributed by atoms with Gasteiger partial charge in [-0.2, -0.15) is 0 Å². The van der Waals surface area contributed by atoms with Crippen LogP contribution in [0.5, 0.6) is 0 Å². The van der Waals surface area contributed by atoms with Crippen LogP contribution in [0.4, 0.5) is 0 Å². The van der Waals surface area contributed by atoms with E-state index in [9.17, 15) is 4.79 Å². The predicted molar refractivity (Wildman–Crippen MR) is 59.8 cm³/mol. The summed E-state index contributed by atoms with van der Waals surface area (Å²) < 4.78 is 5.06. The number of carbonyl (C=O) groups is 1. The zero-order valence-corrected chi connectivity index (χ0v) is 8.19. The molecule has 1 unspecified atom stereocenters. The van der Waals surface area contributed by atoms with E-state index in [2.05, 4.69) is 0 Å². The van der Waals surface area contributed by atoms with Crippen LogP contribution in [0.3, 0.4) is 0 Å². The zero-order valence-electron chi connectivity index (χ0n) is 8.19. The fraction of sp³-hybridized carbons (Fsp3) is 0.500. The van der Waals surface area contributed by atoms with Crippen molar-refractivity contribution < 1.29 is 14.6 Å². The number of carboxylic acids is 1. The van der Waals surface area contributed by atoms with Crippen molar-refractivity contribution in [2.75, 3.05) is 7.11 Å². The molecule has 0 spiro atoms. The van der Waals surface area contributed by atoms with Gasteiger partial charge in [-0.25, -0.2) is 0 Å². The van der Waals surface area contributed by atoms with E-state index >= 15 is 0 Å². The molecule has 1 aliphatic rings. The third kappa shape index (κ3) is 4.56. The van der Waals surface area contributed by atoms with Crippen LogP contribution in [0.25, 0.3) is 0 Å². The van der Waals surface area contributed by atoms with E-state index in [1.807, 2.05) is 12.2 Å². The van der Waals surface area contributed by atoms with Gasteiger partial charge in [0.05, 0.1) is 12.9 Å². The molecule has 4 nitrogen and oxygen atoms in total. The first kappa shape index (κ1) is 14.3. The van der Waals surface area contributed by atoms with Crippen LogP contribution in [0.1, 0.15) is 19.3 Å². The molecule has 0 aromatic rings. The maximum atomic E-state index is 10.5. The van der Waals surface area contributed by atoms with Gasteiger partial charge >= 0.3 is 24.8 Å². The van der Waals surface area contributed by atoms with Gasteiger partial charge in [-0.1, -0.05) is 11.6 Å². The van der Waals surface area contributed by atoms with Crippen molar-refractivity contribution in [3.05, 3.63) is 23.5 Å². The molecule has 0 fully saturated rings. The van der Waals surface area contributed by atoms with Crippen LogP contribution in [0, 0.1) is 0 Å². The summed E-state index contributed by atoms with van der Waals surface area (Å²) in [4.78, 5) is 10.5. The number of rotatable bonds is 4. The van der Waals surface area contributed by atoms with Gasteiger partial charge in [-0.05, 0) is 18.9 Å². The van der Waals surface area contributed by atoms with Crippen LogP contribution in [-0.2, 0) is 9.53 Å². The zero-order chi connectivity index (χ0) is 10.6. The number of allylic oxidation sites excluding steroid dienone is 2. The summed E-state index contributed by atoms with van der Waals surface area (Å²) in [6, 6.07) is -0.793. The molecule has 0 saturated carbocycles. The summed E-state index contributed by atoms with van der Waals surface area (Å²) in [5, 5.41) is 8.62. The predicted octanol–water partition coefficient (Wildman–Crippen LogP) is 0.390. The monoisotopic (exact) mass is 205 g/mol. The third-order valence-electron chi connectivity index (χ3n) is 2.25. The normalized spacial score (nSPS) is 16.9. The molecule has 1 rings (SSSR count). The van der Waals surface area contributed by atoms with E-state index in [0.29, 0.717) is 6.42 Å². The fourth-order valence-corrected chi connectivity index (χ4v) is 1.36. The van der Waals surface area contributed by atoms with Crippen molar-refractivity contribution in [2.45, 2.75) is 25.3 Å². The Balaban J connectivity index is 0.00000196. The SMILES string of the molecule is COC1=CCC(CC(N)C(=O)O)=CC1.[LiH]. The number of hydrogen-bond acceptors (Lipinski definition) is 3. The average Bonchev–Trinajstić information content (AvgIpc) is 2.19. The molecule has 0 saturated heterocycles. The summed E-state index contributed by atoms with van der Waals surface area (Å²) in [7, 11) is 1.63.